The van der Waals surface area contributed by atoms with Crippen LogP contribution in [0, 0.1) is 0 Å². The van der Waals surface area contributed by atoms with Crippen molar-refractivity contribution in [2.75, 3.05) is 11.5 Å². The molecule has 0 amide bonds. The Morgan fingerprint density at radius 2 is 1.71 bits per heavy atom. The Morgan fingerprint density at radius 1 is 0.917 bits per heavy atom. The molecule has 5 N–H and O–H groups in total. The number of allylic oxidation sites excluding steroid dienone is 4. The average molecular weight is 315 g/mol. The van der Waals surface area contributed by atoms with Gasteiger partial charge in [0.25, 0.3) is 0 Å². The summed E-state index contributed by atoms with van der Waals surface area (Å²) in [6.07, 6.45) is 10.0. The van der Waals surface area contributed by atoms with Gasteiger partial charge in [0, 0.05) is 34.3 Å². The third-order valence-electron chi connectivity index (χ3n) is 4.96. The molecule has 2 aromatic carbocycles. The van der Waals surface area contributed by atoms with Gasteiger partial charge in [-0.3, -0.25) is 0 Å². The van der Waals surface area contributed by atoms with Gasteiger partial charge >= 0.3 is 0 Å². The maximum Gasteiger partial charge on any atom is 0.0477 e. The first-order valence-electron chi connectivity index (χ1n) is 8.14. The highest BCUT2D eigenvalue weighted by Gasteiger charge is 2.38. The second-order valence-electron chi connectivity index (χ2n) is 6.85. The van der Waals surface area contributed by atoms with Gasteiger partial charge in [0.05, 0.1) is 0 Å². The van der Waals surface area contributed by atoms with Gasteiger partial charge in [0.2, 0.25) is 0 Å². The van der Waals surface area contributed by atoms with E-state index in [9.17, 15) is 0 Å². The molecule has 1 heterocycles. The molecule has 1 aliphatic carbocycles. The molecule has 3 heteroatoms. The molecule has 2 aliphatic rings. The molecule has 0 unspecified atom stereocenters. The van der Waals surface area contributed by atoms with Crippen molar-refractivity contribution >= 4 is 17.1 Å². The number of nitrogen functional groups attached to an aromatic ring is 2. The van der Waals surface area contributed by atoms with Crippen molar-refractivity contribution in [2.45, 2.75) is 19.3 Å². The number of fused-ring (bicyclic) bond motifs is 3. The molecule has 2 aromatic rings. The molecule has 120 valence electrons. The molecule has 24 heavy (non-hydrogen) atoms. The highest BCUT2D eigenvalue weighted by molar-refractivity contribution is 5.91. The summed E-state index contributed by atoms with van der Waals surface area (Å²) < 4.78 is 0. The standard InChI is InChI=1S/C21H21N3/c1-21(2)16-12-13(22)7-8-14(16)15-9-10-17(23)19(20(15)21)18-6-4-3-5-11-24-18/h3-12,24H,22-23H2,1-2H3. The van der Waals surface area contributed by atoms with Crippen LogP contribution in [0.3, 0.4) is 0 Å². The molecule has 0 aromatic heterocycles. The van der Waals surface area contributed by atoms with Crippen LogP contribution < -0.4 is 16.8 Å². The number of nitrogens with one attached hydrogen (secondary N) is 1. The summed E-state index contributed by atoms with van der Waals surface area (Å²) in [5, 5.41) is 3.36. The Labute approximate surface area is 142 Å². The minimum atomic E-state index is -0.160. The first kappa shape index (κ1) is 14.6. The van der Waals surface area contributed by atoms with Crippen molar-refractivity contribution in [3.8, 4) is 11.1 Å². The van der Waals surface area contributed by atoms with E-state index in [1.54, 1.807) is 0 Å². The van der Waals surface area contributed by atoms with Crippen LogP contribution in [0.5, 0.6) is 0 Å². The van der Waals surface area contributed by atoms with E-state index < -0.39 is 0 Å². The molecule has 0 saturated heterocycles. The van der Waals surface area contributed by atoms with Crippen molar-refractivity contribution in [2.24, 2.45) is 0 Å². The monoisotopic (exact) mass is 315 g/mol. The summed E-state index contributed by atoms with van der Waals surface area (Å²) in [6, 6.07) is 10.3. The topological polar surface area (TPSA) is 64.1 Å². The Hall–Kier alpha value is -2.94. The zero-order chi connectivity index (χ0) is 16.9. The number of hydrogen-bond acceptors (Lipinski definition) is 3. The fourth-order valence-electron chi connectivity index (χ4n) is 3.84. The fourth-order valence-corrected chi connectivity index (χ4v) is 3.84. The van der Waals surface area contributed by atoms with E-state index in [2.05, 4.69) is 43.4 Å². The molecule has 0 fully saturated rings. The molecule has 0 radical (unpaired) electrons. The van der Waals surface area contributed by atoms with Crippen LogP contribution in [-0.2, 0) is 5.41 Å². The van der Waals surface area contributed by atoms with Crippen molar-refractivity contribution in [1.29, 1.82) is 0 Å². The Morgan fingerprint density at radius 3 is 2.54 bits per heavy atom. The maximum absolute atomic E-state index is 6.41. The van der Waals surface area contributed by atoms with Crippen LogP contribution in [-0.4, -0.2) is 0 Å². The van der Waals surface area contributed by atoms with Gasteiger partial charge in [-0.15, -0.1) is 0 Å². The van der Waals surface area contributed by atoms with E-state index in [1.807, 2.05) is 36.6 Å². The van der Waals surface area contributed by atoms with E-state index in [0.717, 1.165) is 22.6 Å². The summed E-state index contributed by atoms with van der Waals surface area (Å²) in [5.74, 6) is 0. The second-order valence-corrected chi connectivity index (χ2v) is 6.85. The predicted octanol–water partition coefficient (Wildman–Crippen LogP) is 4.17. The second kappa shape index (κ2) is 5.03. The summed E-state index contributed by atoms with van der Waals surface area (Å²) >= 11 is 0. The van der Waals surface area contributed by atoms with Crippen LogP contribution in [0.2, 0.25) is 0 Å². The summed E-state index contributed by atoms with van der Waals surface area (Å²) in [5.41, 5.74) is 21.0. The van der Waals surface area contributed by atoms with Crippen molar-refractivity contribution < 1.29 is 0 Å². The average Bonchev–Trinajstić information content (AvgIpc) is 2.75. The number of anilines is 2. The van der Waals surface area contributed by atoms with Gasteiger partial charge in [0.15, 0.2) is 0 Å². The van der Waals surface area contributed by atoms with Gasteiger partial charge < -0.3 is 16.8 Å². The van der Waals surface area contributed by atoms with Gasteiger partial charge in [-0.2, -0.15) is 0 Å². The minimum Gasteiger partial charge on any atom is -0.399 e. The van der Waals surface area contributed by atoms with Crippen LogP contribution in [0.15, 0.2) is 60.8 Å². The molecule has 0 saturated carbocycles. The van der Waals surface area contributed by atoms with Crippen molar-refractivity contribution in [3.63, 3.8) is 0 Å². The smallest absolute Gasteiger partial charge is 0.0477 e. The molecular formula is C21H21N3. The highest BCUT2D eigenvalue weighted by atomic mass is 14.9. The lowest BCUT2D eigenvalue weighted by molar-refractivity contribution is 0.658. The van der Waals surface area contributed by atoms with E-state index in [-0.39, 0.29) is 5.41 Å². The molecule has 0 bridgehead atoms. The number of benzene rings is 2. The molecule has 0 atom stereocenters. The maximum atomic E-state index is 6.41. The lowest BCUT2D eigenvalue weighted by atomic mass is 9.79. The summed E-state index contributed by atoms with van der Waals surface area (Å²) in [7, 11) is 0. The van der Waals surface area contributed by atoms with E-state index in [1.165, 1.54) is 22.3 Å². The Balaban J connectivity index is 2.03. The zero-order valence-corrected chi connectivity index (χ0v) is 13.9. The third-order valence-corrected chi connectivity index (χ3v) is 4.96. The Bertz CT molecular complexity index is 930. The molecule has 0 spiro atoms. The molecular weight excluding hydrogens is 294 g/mol. The number of nitrogens with two attached hydrogens (primary N) is 2. The Kier molecular flexibility index (Phi) is 3.07. The van der Waals surface area contributed by atoms with E-state index in [4.69, 9.17) is 11.5 Å². The first-order chi connectivity index (χ1) is 11.5. The van der Waals surface area contributed by atoms with Crippen LogP contribution >= 0.6 is 0 Å². The fraction of sp³-hybridized carbons (Fsp3) is 0.143. The van der Waals surface area contributed by atoms with Gasteiger partial charge in [-0.05, 0) is 52.6 Å². The zero-order valence-electron chi connectivity index (χ0n) is 13.9. The van der Waals surface area contributed by atoms with Gasteiger partial charge in [-0.1, -0.05) is 38.1 Å². The summed E-state index contributed by atoms with van der Waals surface area (Å²) in [4.78, 5) is 0. The SMILES string of the molecule is CC1(C)c2cc(N)ccc2-c2ccc(N)c(C3=CC=CC=CN3)c21. The normalized spacial score (nSPS) is 16.8. The lowest BCUT2D eigenvalue weighted by Gasteiger charge is -2.26. The third kappa shape index (κ3) is 1.98. The van der Waals surface area contributed by atoms with E-state index in [0.29, 0.717) is 0 Å². The first-order valence-corrected chi connectivity index (χ1v) is 8.14. The number of hydrogen-bond donors (Lipinski definition) is 3. The lowest BCUT2D eigenvalue weighted by Crippen LogP contribution is -2.20. The van der Waals surface area contributed by atoms with Gasteiger partial charge in [0.1, 0.15) is 0 Å². The molecule has 4 rings (SSSR count). The summed E-state index contributed by atoms with van der Waals surface area (Å²) in [6.45, 7) is 4.48. The molecule has 3 nitrogen and oxygen atoms in total. The van der Waals surface area contributed by atoms with Gasteiger partial charge in [-0.25, -0.2) is 0 Å². The quantitative estimate of drug-likeness (QED) is 0.692. The highest BCUT2D eigenvalue weighted by Crippen LogP contribution is 2.52. The molecule has 1 aliphatic heterocycles. The van der Waals surface area contributed by atoms with Crippen molar-refractivity contribution in [1.82, 2.24) is 5.32 Å². The minimum absolute atomic E-state index is 0.160. The van der Waals surface area contributed by atoms with Crippen molar-refractivity contribution in [3.05, 3.63) is 77.5 Å². The van der Waals surface area contributed by atoms with Crippen LogP contribution in [0.25, 0.3) is 16.8 Å². The van der Waals surface area contributed by atoms with Crippen LogP contribution in [0.4, 0.5) is 11.4 Å². The predicted molar refractivity (Wildman–Crippen MR) is 102 cm³/mol. The van der Waals surface area contributed by atoms with Crippen LogP contribution in [0.1, 0.15) is 30.5 Å². The number of rotatable bonds is 1. The largest absolute Gasteiger partial charge is 0.399 e. The van der Waals surface area contributed by atoms with E-state index >= 15 is 0 Å².